The molecule has 2 aromatic carbocycles. The van der Waals surface area contributed by atoms with Gasteiger partial charge in [0, 0.05) is 22.2 Å². The van der Waals surface area contributed by atoms with Crippen LogP contribution in [-0.2, 0) is 14.3 Å². The number of benzene rings is 2. The molecule has 0 saturated carbocycles. The third-order valence-electron chi connectivity index (χ3n) is 3.80. The Labute approximate surface area is 175 Å². The van der Waals surface area contributed by atoms with Crippen LogP contribution in [0.15, 0.2) is 65.1 Å². The average molecular weight is 458 g/mol. The monoisotopic (exact) mass is 457 g/mol. The van der Waals surface area contributed by atoms with E-state index in [1.165, 1.54) is 18.2 Å². The number of anilines is 1. The van der Waals surface area contributed by atoms with E-state index in [0.717, 1.165) is 17.5 Å². The summed E-state index contributed by atoms with van der Waals surface area (Å²) in [6.07, 6.45) is 2.35. The predicted molar refractivity (Wildman–Crippen MR) is 111 cm³/mol. The highest BCUT2D eigenvalue weighted by molar-refractivity contribution is 9.10. The number of nitrogens with zero attached hydrogens (tertiary/aromatic N) is 2. The fraction of sp³-hybridized carbons (Fsp3) is 0.0952. The van der Waals surface area contributed by atoms with Gasteiger partial charge < -0.3 is 10.1 Å². The highest BCUT2D eigenvalue weighted by Crippen LogP contribution is 2.18. The van der Waals surface area contributed by atoms with E-state index >= 15 is 0 Å². The summed E-state index contributed by atoms with van der Waals surface area (Å²) in [6, 6.07) is 15.4. The summed E-state index contributed by atoms with van der Waals surface area (Å²) in [6.45, 7) is 1.32. The molecule has 1 aromatic heterocycles. The molecule has 0 fully saturated rings. The highest BCUT2D eigenvalue weighted by Gasteiger charge is 2.12. The van der Waals surface area contributed by atoms with E-state index in [1.807, 2.05) is 30.3 Å². The Balaban J connectivity index is 1.59. The zero-order chi connectivity index (χ0) is 20.8. The number of rotatable bonds is 6. The average Bonchev–Trinajstić information content (AvgIpc) is 3.07. The van der Waals surface area contributed by atoms with Crippen molar-refractivity contribution in [3.05, 3.63) is 82.2 Å². The molecule has 0 bridgehead atoms. The second-order valence-corrected chi connectivity index (χ2v) is 6.99. The number of para-hydroxylation sites is 1. The smallest absolute Gasteiger partial charge is 0.331 e. The first kappa shape index (κ1) is 20.5. The summed E-state index contributed by atoms with van der Waals surface area (Å²) >= 11 is 3.23. The molecule has 6 nitrogen and oxygen atoms in total. The van der Waals surface area contributed by atoms with Crippen LogP contribution in [0.5, 0.6) is 0 Å². The van der Waals surface area contributed by atoms with Crippen molar-refractivity contribution in [2.24, 2.45) is 0 Å². The summed E-state index contributed by atoms with van der Waals surface area (Å²) < 4.78 is 20.8. The molecule has 3 rings (SSSR count). The Hall–Kier alpha value is -3.26. The minimum Gasteiger partial charge on any atom is -0.452 e. The van der Waals surface area contributed by atoms with E-state index < -0.39 is 24.3 Å². The molecule has 0 aliphatic rings. The standard InChI is InChI=1S/C21H17BrFN3O3/c1-14-11-19(26(25-14)17-5-3-2-4-6-17)24-20(27)13-29-21(28)10-7-15-12-16(22)8-9-18(15)23/h2-12H,13H2,1H3,(H,24,27)/b10-7+. The van der Waals surface area contributed by atoms with Gasteiger partial charge in [0.2, 0.25) is 0 Å². The lowest BCUT2D eigenvalue weighted by molar-refractivity contribution is -0.142. The second kappa shape index (κ2) is 9.29. The van der Waals surface area contributed by atoms with Gasteiger partial charge in [-0.2, -0.15) is 5.10 Å². The lowest BCUT2D eigenvalue weighted by Crippen LogP contribution is -2.21. The van der Waals surface area contributed by atoms with Crippen LogP contribution in [0.4, 0.5) is 10.2 Å². The summed E-state index contributed by atoms with van der Waals surface area (Å²) in [5.74, 6) is -1.29. The number of esters is 1. The third-order valence-corrected chi connectivity index (χ3v) is 4.30. The zero-order valence-electron chi connectivity index (χ0n) is 15.4. The van der Waals surface area contributed by atoms with Crippen LogP contribution in [0.2, 0.25) is 0 Å². The van der Waals surface area contributed by atoms with Crippen molar-refractivity contribution >= 4 is 39.7 Å². The van der Waals surface area contributed by atoms with Crippen molar-refractivity contribution in [3.8, 4) is 5.69 Å². The first-order valence-corrected chi connectivity index (χ1v) is 9.43. The molecule has 3 aromatic rings. The molecule has 1 N–H and O–H groups in total. The molecular weight excluding hydrogens is 441 g/mol. The fourth-order valence-electron chi connectivity index (χ4n) is 2.52. The molecule has 0 atom stereocenters. The Bertz CT molecular complexity index is 1060. The van der Waals surface area contributed by atoms with Gasteiger partial charge in [-0.15, -0.1) is 0 Å². The van der Waals surface area contributed by atoms with Crippen LogP contribution in [0.1, 0.15) is 11.3 Å². The first-order chi connectivity index (χ1) is 13.9. The number of aromatic nitrogens is 2. The Morgan fingerprint density at radius 1 is 1.21 bits per heavy atom. The van der Waals surface area contributed by atoms with Crippen molar-refractivity contribution in [2.45, 2.75) is 6.92 Å². The van der Waals surface area contributed by atoms with Gasteiger partial charge in [0.15, 0.2) is 6.61 Å². The number of amides is 1. The molecule has 0 spiro atoms. The van der Waals surface area contributed by atoms with Crippen molar-refractivity contribution in [2.75, 3.05) is 11.9 Å². The molecular formula is C21H17BrFN3O3. The van der Waals surface area contributed by atoms with Crippen LogP contribution in [0.25, 0.3) is 11.8 Å². The third kappa shape index (κ3) is 5.61. The maximum absolute atomic E-state index is 13.7. The SMILES string of the molecule is Cc1cc(NC(=O)COC(=O)/C=C/c2cc(Br)ccc2F)n(-c2ccccc2)n1. The highest BCUT2D eigenvalue weighted by atomic mass is 79.9. The van der Waals surface area contributed by atoms with Crippen LogP contribution in [0, 0.1) is 12.7 Å². The van der Waals surface area contributed by atoms with Crippen molar-refractivity contribution < 1.29 is 18.7 Å². The molecule has 0 aliphatic heterocycles. The van der Waals surface area contributed by atoms with Crippen LogP contribution < -0.4 is 5.32 Å². The van der Waals surface area contributed by atoms with Crippen LogP contribution in [-0.4, -0.2) is 28.3 Å². The van der Waals surface area contributed by atoms with Gasteiger partial charge in [0.25, 0.3) is 5.91 Å². The molecule has 0 aliphatic carbocycles. The van der Waals surface area contributed by atoms with E-state index in [-0.39, 0.29) is 5.56 Å². The number of ether oxygens (including phenoxy) is 1. The first-order valence-electron chi connectivity index (χ1n) is 8.64. The van der Waals surface area contributed by atoms with Gasteiger partial charge in [-0.25, -0.2) is 13.9 Å². The number of halogens is 2. The Kier molecular flexibility index (Phi) is 6.56. The van der Waals surface area contributed by atoms with Crippen molar-refractivity contribution in [1.29, 1.82) is 0 Å². The van der Waals surface area contributed by atoms with Crippen LogP contribution in [0.3, 0.4) is 0 Å². The number of carbonyl (C=O) groups is 2. The molecule has 0 unspecified atom stereocenters. The van der Waals surface area contributed by atoms with Gasteiger partial charge >= 0.3 is 5.97 Å². The molecule has 0 saturated heterocycles. The molecule has 0 radical (unpaired) electrons. The molecule has 1 heterocycles. The van der Waals surface area contributed by atoms with Gasteiger partial charge in [-0.05, 0) is 43.3 Å². The number of hydrogen-bond donors (Lipinski definition) is 1. The quantitative estimate of drug-likeness (QED) is 0.442. The maximum atomic E-state index is 13.7. The summed E-state index contributed by atoms with van der Waals surface area (Å²) in [7, 11) is 0. The maximum Gasteiger partial charge on any atom is 0.331 e. The lowest BCUT2D eigenvalue weighted by atomic mass is 10.2. The van der Waals surface area contributed by atoms with Crippen LogP contribution >= 0.6 is 15.9 Å². The van der Waals surface area contributed by atoms with E-state index in [4.69, 9.17) is 4.74 Å². The summed E-state index contributed by atoms with van der Waals surface area (Å²) in [4.78, 5) is 24.0. The predicted octanol–water partition coefficient (Wildman–Crippen LogP) is 4.28. The van der Waals surface area contributed by atoms with Gasteiger partial charge in [-0.1, -0.05) is 34.1 Å². The van der Waals surface area contributed by atoms with Gasteiger partial charge in [0.05, 0.1) is 11.4 Å². The largest absolute Gasteiger partial charge is 0.452 e. The number of nitrogens with one attached hydrogen (secondary N) is 1. The molecule has 1 amide bonds. The van der Waals surface area contributed by atoms with Gasteiger partial charge in [-0.3, -0.25) is 4.79 Å². The number of aryl methyl sites for hydroxylation is 1. The second-order valence-electron chi connectivity index (χ2n) is 6.07. The summed E-state index contributed by atoms with van der Waals surface area (Å²) in [5, 5.41) is 7.02. The molecule has 29 heavy (non-hydrogen) atoms. The Morgan fingerprint density at radius 3 is 2.72 bits per heavy atom. The Morgan fingerprint density at radius 2 is 1.97 bits per heavy atom. The van der Waals surface area contributed by atoms with E-state index in [0.29, 0.717) is 10.3 Å². The minimum atomic E-state index is -0.757. The molecule has 8 heteroatoms. The fourth-order valence-corrected chi connectivity index (χ4v) is 2.90. The van der Waals surface area contributed by atoms with Gasteiger partial charge in [0.1, 0.15) is 11.6 Å². The number of hydrogen-bond acceptors (Lipinski definition) is 4. The topological polar surface area (TPSA) is 73.2 Å². The van der Waals surface area contributed by atoms with E-state index in [9.17, 15) is 14.0 Å². The normalized spacial score (nSPS) is 10.9. The molecule has 148 valence electrons. The minimum absolute atomic E-state index is 0.225. The van der Waals surface area contributed by atoms with E-state index in [2.05, 4.69) is 26.3 Å². The van der Waals surface area contributed by atoms with Crippen molar-refractivity contribution in [1.82, 2.24) is 9.78 Å². The van der Waals surface area contributed by atoms with E-state index in [1.54, 1.807) is 23.7 Å². The number of carbonyl (C=O) groups excluding carboxylic acids is 2. The van der Waals surface area contributed by atoms with Crippen molar-refractivity contribution in [3.63, 3.8) is 0 Å². The zero-order valence-corrected chi connectivity index (χ0v) is 17.0. The summed E-state index contributed by atoms with van der Waals surface area (Å²) in [5.41, 5.74) is 1.73. The lowest BCUT2D eigenvalue weighted by Gasteiger charge is -2.08.